The van der Waals surface area contributed by atoms with E-state index in [1.165, 1.54) is 23.9 Å². The standard InChI is InChI=1S/C22H27ClN2O2/c1-4-25(20-8-9-21(23)16(2)10-20)13-18-7-5-6-17(11-18)12-24-14-19(15-24)22(26)27-3/h5-11,19H,4,12-15H2,1-3H3. The highest BCUT2D eigenvalue weighted by Gasteiger charge is 2.33. The number of likely N-dealkylation sites (tertiary alicyclic amines) is 1. The summed E-state index contributed by atoms with van der Waals surface area (Å²) in [5, 5.41) is 0.802. The van der Waals surface area contributed by atoms with Gasteiger partial charge in [0.1, 0.15) is 0 Å². The van der Waals surface area contributed by atoms with E-state index in [0.717, 1.165) is 43.3 Å². The number of esters is 1. The van der Waals surface area contributed by atoms with Crippen molar-refractivity contribution in [3.05, 3.63) is 64.2 Å². The second kappa shape index (κ2) is 8.77. The van der Waals surface area contributed by atoms with E-state index >= 15 is 0 Å². The largest absolute Gasteiger partial charge is 0.469 e. The lowest BCUT2D eigenvalue weighted by Crippen LogP contribution is -2.49. The third-order valence-corrected chi connectivity index (χ3v) is 5.58. The Labute approximate surface area is 166 Å². The number of carbonyl (C=O) groups excluding carboxylic acids is 1. The van der Waals surface area contributed by atoms with Gasteiger partial charge in [-0.25, -0.2) is 0 Å². The summed E-state index contributed by atoms with van der Waals surface area (Å²) in [6.07, 6.45) is 0. The maximum atomic E-state index is 11.5. The van der Waals surface area contributed by atoms with Crippen LogP contribution in [0.25, 0.3) is 0 Å². The van der Waals surface area contributed by atoms with Crippen LogP contribution >= 0.6 is 11.6 Å². The third-order valence-electron chi connectivity index (χ3n) is 5.15. The van der Waals surface area contributed by atoms with E-state index in [-0.39, 0.29) is 11.9 Å². The topological polar surface area (TPSA) is 32.8 Å². The molecule has 4 nitrogen and oxygen atoms in total. The maximum absolute atomic E-state index is 11.5. The van der Waals surface area contributed by atoms with Crippen LogP contribution in [0.15, 0.2) is 42.5 Å². The normalized spacial score (nSPS) is 14.7. The third kappa shape index (κ3) is 4.82. The molecule has 0 aliphatic carbocycles. The fourth-order valence-electron chi connectivity index (χ4n) is 3.53. The molecule has 3 rings (SSSR count). The van der Waals surface area contributed by atoms with E-state index in [1.54, 1.807) is 0 Å². The van der Waals surface area contributed by atoms with Gasteiger partial charge in [0.25, 0.3) is 0 Å². The van der Waals surface area contributed by atoms with Crippen molar-refractivity contribution in [2.45, 2.75) is 26.9 Å². The fourth-order valence-corrected chi connectivity index (χ4v) is 3.65. The number of hydrogen-bond acceptors (Lipinski definition) is 4. The van der Waals surface area contributed by atoms with Crippen molar-refractivity contribution in [3.8, 4) is 0 Å². The highest BCUT2D eigenvalue weighted by Crippen LogP contribution is 2.25. The molecular formula is C22H27ClN2O2. The first-order valence-corrected chi connectivity index (χ1v) is 9.77. The summed E-state index contributed by atoms with van der Waals surface area (Å²) >= 11 is 6.16. The highest BCUT2D eigenvalue weighted by atomic mass is 35.5. The Morgan fingerprint density at radius 3 is 2.63 bits per heavy atom. The molecule has 144 valence electrons. The molecule has 1 saturated heterocycles. The quantitative estimate of drug-likeness (QED) is 0.665. The van der Waals surface area contributed by atoms with Gasteiger partial charge in [-0.05, 0) is 48.7 Å². The Morgan fingerprint density at radius 2 is 1.96 bits per heavy atom. The van der Waals surface area contributed by atoms with Crippen molar-refractivity contribution >= 4 is 23.3 Å². The minimum Gasteiger partial charge on any atom is -0.469 e. The smallest absolute Gasteiger partial charge is 0.311 e. The van der Waals surface area contributed by atoms with Crippen LogP contribution in [0.1, 0.15) is 23.6 Å². The van der Waals surface area contributed by atoms with Crippen LogP contribution in [0.3, 0.4) is 0 Å². The van der Waals surface area contributed by atoms with Gasteiger partial charge in [-0.15, -0.1) is 0 Å². The molecule has 2 aromatic carbocycles. The predicted molar refractivity (Wildman–Crippen MR) is 110 cm³/mol. The SMILES string of the molecule is CCN(Cc1cccc(CN2CC(C(=O)OC)C2)c1)c1ccc(Cl)c(C)c1. The number of benzene rings is 2. The number of methoxy groups -OCH3 is 1. The second-order valence-electron chi connectivity index (χ2n) is 7.18. The van der Waals surface area contributed by atoms with E-state index in [4.69, 9.17) is 16.3 Å². The van der Waals surface area contributed by atoms with Gasteiger partial charge in [-0.1, -0.05) is 35.9 Å². The van der Waals surface area contributed by atoms with Crippen molar-refractivity contribution < 1.29 is 9.53 Å². The Morgan fingerprint density at radius 1 is 1.22 bits per heavy atom. The van der Waals surface area contributed by atoms with Gasteiger partial charge in [0.15, 0.2) is 0 Å². The first-order chi connectivity index (χ1) is 13.0. The molecule has 2 aromatic rings. The van der Waals surface area contributed by atoms with Crippen LogP contribution in [0.2, 0.25) is 5.02 Å². The molecule has 0 saturated carbocycles. The van der Waals surface area contributed by atoms with Crippen molar-refractivity contribution in [1.29, 1.82) is 0 Å². The molecule has 0 spiro atoms. The Hall–Kier alpha value is -2.04. The molecule has 1 heterocycles. The molecule has 5 heteroatoms. The Balaban J connectivity index is 1.63. The average molecular weight is 387 g/mol. The summed E-state index contributed by atoms with van der Waals surface area (Å²) < 4.78 is 4.81. The molecular weight excluding hydrogens is 360 g/mol. The number of anilines is 1. The monoisotopic (exact) mass is 386 g/mol. The number of ether oxygens (including phenoxy) is 1. The van der Waals surface area contributed by atoms with Crippen LogP contribution in [-0.4, -0.2) is 37.6 Å². The Bertz CT molecular complexity index is 803. The van der Waals surface area contributed by atoms with Crippen molar-refractivity contribution in [1.82, 2.24) is 4.90 Å². The van der Waals surface area contributed by atoms with Gasteiger partial charge in [0.2, 0.25) is 0 Å². The summed E-state index contributed by atoms with van der Waals surface area (Å²) in [7, 11) is 1.45. The number of rotatable bonds is 7. The molecule has 0 aromatic heterocycles. The number of nitrogens with zero attached hydrogens (tertiary/aromatic N) is 2. The van der Waals surface area contributed by atoms with E-state index in [1.807, 2.05) is 13.0 Å². The summed E-state index contributed by atoms with van der Waals surface area (Å²) in [5.41, 5.74) is 4.85. The van der Waals surface area contributed by atoms with Gasteiger partial charge in [-0.3, -0.25) is 9.69 Å². The second-order valence-corrected chi connectivity index (χ2v) is 7.59. The van der Waals surface area contributed by atoms with E-state index < -0.39 is 0 Å². The fraction of sp³-hybridized carbons (Fsp3) is 0.409. The minimum absolute atomic E-state index is 0.0295. The van der Waals surface area contributed by atoms with Crippen LogP contribution in [0, 0.1) is 12.8 Å². The predicted octanol–water partition coefficient (Wildman–Crippen LogP) is 4.28. The van der Waals surface area contributed by atoms with Gasteiger partial charge >= 0.3 is 5.97 Å². The number of carbonyl (C=O) groups is 1. The first-order valence-electron chi connectivity index (χ1n) is 9.39. The lowest BCUT2D eigenvalue weighted by Gasteiger charge is -2.37. The first kappa shape index (κ1) is 19.7. The zero-order chi connectivity index (χ0) is 19.4. The number of aryl methyl sites for hydroxylation is 1. The van der Waals surface area contributed by atoms with Crippen LogP contribution in [-0.2, 0) is 22.6 Å². The van der Waals surface area contributed by atoms with Gasteiger partial charge in [0.05, 0.1) is 13.0 Å². The van der Waals surface area contributed by atoms with E-state index in [2.05, 4.69) is 53.1 Å². The van der Waals surface area contributed by atoms with Crippen LogP contribution < -0.4 is 4.90 Å². The minimum atomic E-state index is -0.100. The van der Waals surface area contributed by atoms with Crippen molar-refractivity contribution in [2.24, 2.45) is 5.92 Å². The summed E-state index contributed by atoms with van der Waals surface area (Å²) in [4.78, 5) is 16.1. The van der Waals surface area contributed by atoms with Gasteiger partial charge in [0, 0.05) is 43.4 Å². The van der Waals surface area contributed by atoms with Crippen molar-refractivity contribution in [3.63, 3.8) is 0 Å². The molecule has 1 aliphatic heterocycles. The molecule has 0 N–H and O–H groups in total. The zero-order valence-electron chi connectivity index (χ0n) is 16.2. The highest BCUT2D eigenvalue weighted by molar-refractivity contribution is 6.31. The van der Waals surface area contributed by atoms with Crippen molar-refractivity contribution in [2.75, 3.05) is 31.6 Å². The molecule has 0 atom stereocenters. The van der Waals surface area contributed by atoms with Crippen LogP contribution in [0.4, 0.5) is 5.69 Å². The van der Waals surface area contributed by atoms with E-state index in [9.17, 15) is 4.79 Å². The maximum Gasteiger partial charge on any atom is 0.311 e. The zero-order valence-corrected chi connectivity index (χ0v) is 17.0. The molecule has 0 unspecified atom stereocenters. The molecule has 0 radical (unpaired) electrons. The molecule has 1 fully saturated rings. The lowest BCUT2D eigenvalue weighted by atomic mass is 9.99. The summed E-state index contributed by atoms with van der Waals surface area (Å²) in [6, 6.07) is 14.9. The Kier molecular flexibility index (Phi) is 6.40. The van der Waals surface area contributed by atoms with Crippen LogP contribution in [0.5, 0.6) is 0 Å². The molecule has 27 heavy (non-hydrogen) atoms. The molecule has 0 bridgehead atoms. The summed E-state index contributed by atoms with van der Waals surface area (Å²) in [6.45, 7) is 8.42. The molecule has 0 amide bonds. The van der Waals surface area contributed by atoms with Gasteiger partial charge < -0.3 is 9.64 Å². The van der Waals surface area contributed by atoms with E-state index in [0.29, 0.717) is 0 Å². The summed E-state index contributed by atoms with van der Waals surface area (Å²) in [5.74, 6) is -0.0706. The number of hydrogen-bond donors (Lipinski definition) is 0. The lowest BCUT2D eigenvalue weighted by molar-refractivity contribution is -0.151. The van der Waals surface area contributed by atoms with Gasteiger partial charge in [-0.2, -0.15) is 0 Å². The number of halogens is 1. The molecule has 1 aliphatic rings. The average Bonchev–Trinajstić information content (AvgIpc) is 2.64.